The monoisotopic (exact) mass is 457 g/mol. The van der Waals surface area contributed by atoms with Gasteiger partial charge in [0.25, 0.3) is 0 Å². The van der Waals surface area contributed by atoms with E-state index in [2.05, 4.69) is 21.7 Å². The Hall–Kier alpha value is -3.02. The van der Waals surface area contributed by atoms with Crippen LogP contribution in [0.2, 0.25) is 0 Å². The number of nitrogens with zero attached hydrogens (tertiary/aromatic N) is 3. The Bertz CT molecular complexity index is 1230. The molecule has 2 aliphatic rings. The third-order valence-electron chi connectivity index (χ3n) is 5.37. The smallest absolute Gasteiger partial charge is 0.244 e. The Kier molecular flexibility index (Phi) is 5.89. The predicted molar refractivity (Wildman–Crippen MR) is 112 cm³/mol. The zero-order valence-electron chi connectivity index (χ0n) is 16.9. The summed E-state index contributed by atoms with van der Waals surface area (Å²) in [5, 5.41) is 20.5. The fraction of sp³-hybridized carbons (Fsp3) is 0.364. The molecule has 2 fully saturated rings. The maximum Gasteiger partial charge on any atom is 0.244 e. The molecule has 0 bridgehead atoms. The average molecular weight is 457 g/mol. The number of hydrogen-bond donors (Lipinski definition) is 2. The van der Waals surface area contributed by atoms with Crippen LogP contribution in [-0.2, 0) is 10.0 Å². The van der Waals surface area contributed by atoms with Crippen molar-refractivity contribution in [1.82, 2.24) is 9.29 Å². The molecule has 2 aromatic rings. The summed E-state index contributed by atoms with van der Waals surface area (Å²) in [6.07, 6.45) is 2.19. The number of pyridine rings is 1. The van der Waals surface area contributed by atoms with Gasteiger partial charge in [-0.25, -0.2) is 22.6 Å². The fourth-order valence-electron chi connectivity index (χ4n) is 3.28. The summed E-state index contributed by atoms with van der Waals surface area (Å²) in [5.74, 6) is 5.56. The lowest BCUT2D eigenvalue weighted by Crippen LogP contribution is -2.48. The molecule has 1 aromatic carbocycles. The molecule has 2 heterocycles. The molecular weight excluding hydrogens is 437 g/mol. The van der Waals surface area contributed by atoms with Crippen molar-refractivity contribution >= 4 is 15.7 Å². The number of halogens is 1. The molecule has 8 nitrogen and oxygen atoms in total. The first-order chi connectivity index (χ1) is 15.2. The number of aromatic nitrogens is 1. The van der Waals surface area contributed by atoms with Crippen LogP contribution in [0.1, 0.15) is 18.5 Å². The molecule has 0 amide bonds. The topological polar surface area (TPSA) is 104 Å². The minimum Gasteiger partial charge on any atom is -0.486 e. The van der Waals surface area contributed by atoms with Crippen molar-refractivity contribution in [2.75, 3.05) is 19.7 Å². The number of aliphatic hydroxyl groups excluding tert-OH is 1. The summed E-state index contributed by atoms with van der Waals surface area (Å²) in [4.78, 5) is 7.04. The minimum atomic E-state index is -4.04. The van der Waals surface area contributed by atoms with Crippen LogP contribution < -0.4 is 4.74 Å². The fourth-order valence-corrected chi connectivity index (χ4v) is 4.73. The largest absolute Gasteiger partial charge is 0.486 e. The number of β-amino-alcohol motifs (C(OH)–C–C–N with tert-alkyl or cyclic N) is 1. The normalized spacial score (nSPS) is 23.2. The first kappa shape index (κ1) is 22.2. The Morgan fingerprint density at radius 2 is 2.12 bits per heavy atom. The maximum absolute atomic E-state index is 13.9. The summed E-state index contributed by atoms with van der Waals surface area (Å²) < 4.78 is 46.6. The van der Waals surface area contributed by atoms with Gasteiger partial charge in [0, 0.05) is 24.7 Å². The van der Waals surface area contributed by atoms with Crippen molar-refractivity contribution in [3.63, 3.8) is 0 Å². The van der Waals surface area contributed by atoms with Crippen LogP contribution in [-0.4, -0.2) is 59.3 Å². The van der Waals surface area contributed by atoms with E-state index in [9.17, 15) is 23.0 Å². The van der Waals surface area contributed by atoms with E-state index < -0.39 is 40.7 Å². The molecule has 32 heavy (non-hydrogen) atoms. The molecule has 1 saturated carbocycles. The predicted octanol–water partition coefficient (Wildman–Crippen LogP) is 1.71. The van der Waals surface area contributed by atoms with Gasteiger partial charge in [-0.2, -0.15) is 4.31 Å². The summed E-state index contributed by atoms with van der Waals surface area (Å²) in [5.41, 5.74) is -1.62. The van der Waals surface area contributed by atoms with Gasteiger partial charge in [-0.05, 0) is 43.0 Å². The molecule has 1 aliphatic carbocycles. The second-order valence-corrected chi connectivity index (χ2v) is 9.75. The van der Waals surface area contributed by atoms with Crippen LogP contribution in [0.15, 0.2) is 41.4 Å². The first-order valence-corrected chi connectivity index (χ1v) is 11.3. The Labute approximate surface area is 185 Å². The van der Waals surface area contributed by atoms with Crippen LogP contribution in [0.4, 0.5) is 10.1 Å². The summed E-state index contributed by atoms with van der Waals surface area (Å²) in [7, 11) is -4.04. The van der Waals surface area contributed by atoms with Crippen LogP contribution in [0.5, 0.6) is 5.75 Å². The Morgan fingerprint density at radius 1 is 1.34 bits per heavy atom. The summed E-state index contributed by atoms with van der Waals surface area (Å²) in [6, 6.07) is 6.46. The molecule has 2 atom stereocenters. The summed E-state index contributed by atoms with van der Waals surface area (Å²) in [6.45, 7) is 5.45. The van der Waals surface area contributed by atoms with E-state index in [1.165, 1.54) is 30.5 Å². The molecule has 2 N–H and O–H groups in total. The standard InChI is InChI=1S/C22H20FN3O5S/c1-24-20-9-7-17(10-19(20)23)31-21-12-26(13-22(21,28)14-27)32(29,30)18-8-6-16(25-11-18)5-4-15-2-3-15/h6-11,15,21,27-28H,2-3,12-14H2/t21-,22+/m0/s1. The second-order valence-electron chi connectivity index (χ2n) is 7.81. The third-order valence-corrected chi connectivity index (χ3v) is 7.16. The van der Waals surface area contributed by atoms with E-state index in [0.717, 1.165) is 23.2 Å². The molecular formula is C22H20FN3O5S. The average Bonchev–Trinajstić information content (AvgIpc) is 3.55. The summed E-state index contributed by atoms with van der Waals surface area (Å²) >= 11 is 0. The quantitative estimate of drug-likeness (QED) is 0.523. The van der Waals surface area contributed by atoms with Crippen LogP contribution >= 0.6 is 0 Å². The SMILES string of the molecule is [C-]#[N+]c1ccc(O[C@H]2CN(S(=O)(=O)c3ccc(C#CC4CC4)nc3)C[C@@]2(O)CO)cc1F. The zero-order valence-corrected chi connectivity index (χ0v) is 17.7. The molecule has 1 aromatic heterocycles. The highest BCUT2D eigenvalue weighted by atomic mass is 32.2. The lowest BCUT2D eigenvalue weighted by Gasteiger charge is -2.27. The van der Waals surface area contributed by atoms with E-state index in [1.807, 2.05) is 0 Å². The zero-order chi connectivity index (χ0) is 22.9. The highest BCUT2D eigenvalue weighted by Crippen LogP contribution is 2.32. The van der Waals surface area contributed by atoms with Crippen molar-refractivity contribution in [1.29, 1.82) is 0 Å². The van der Waals surface area contributed by atoms with Gasteiger partial charge in [0.05, 0.1) is 19.7 Å². The minimum absolute atomic E-state index is 0.00581. The van der Waals surface area contributed by atoms with Crippen LogP contribution in [0.3, 0.4) is 0 Å². The molecule has 1 aliphatic heterocycles. The van der Waals surface area contributed by atoms with E-state index in [4.69, 9.17) is 11.3 Å². The van der Waals surface area contributed by atoms with E-state index in [-0.39, 0.29) is 22.9 Å². The highest BCUT2D eigenvalue weighted by Gasteiger charge is 2.50. The Balaban J connectivity index is 1.53. The van der Waals surface area contributed by atoms with Crippen LogP contribution in [0, 0.1) is 30.1 Å². The van der Waals surface area contributed by atoms with Gasteiger partial charge >= 0.3 is 0 Å². The first-order valence-electron chi connectivity index (χ1n) is 9.90. The maximum atomic E-state index is 13.9. The molecule has 166 valence electrons. The number of benzene rings is 1. The van der Waals surface area contributed by atoms with E-state index in [1.54, 1.807) is 0 Å². The van der Waals surface area contributed by atoms with Gasteiger partial charge < -0.3 is 14.9 Å². The third kappa shape index (κ3) is 4.45. The van der Waals surface area contributed by atoms with Crippen LogP contribution in [0.25, 0.3) is 4.85 Å². The molecule has 0 spiro atoms. The number of hydrogen-bond acceptors (Lipinski definition) is 6. The van der Waals surface area contributed by atoms with Crippen molar-refractivity contribution in [3.05, 3.63) is 59.5 Å². The lowest BCUT2D eigenvalue weighted by atomic mass is 10.0. The van der Waals surface area contributed by atoms with Crippen molar-refractivity contribution < 1.29 is 27.8 Å². The molecule has 0 unspecified atom stereocenters. The number of aliphatic hydroxyl groups is 2. The number of sulfonamides is 1. The number of ether oxygens (including phenoxy) is 1. The van der Waals surface area contributed by atoms with Crippen molar-refractivity contribution in [2.45, 2.75) is 29.4 Å². The highest BCUT2D eigenvalue weighted by molar-refractivity contribution is 7.89. The van der Waals surface area contributed by atoms with Gasteiger partial charge in [0.2, 0.25) is 15.7 Å². The van der Waals surface area contributed by atoms with E-state index >= 15 is 0 Å². The molecule has 0 radical (unpaired) electrons. The molecule has 4 rings (SSSR count). The van der Waals surface area contributed by atoms with Gasteiger partial charge in [0.1, 0.15) is 33.9 Å². The molecule has 1 saturated heterocycles. The van der Waals surface area contributed by atoms with Gasteiger partial charge in [-0.3, -0.25) is 0 Å². The molecule has 10 heteroatoms. The second kappa shape index (κ2) is 8.49. The Morgan fingerprint density at radius 3 is 2.72 bits per heavy atom. The van der Waals surface area contributed by atoms with Gasteiger partial charge in [-0.15, -0.1) is 0 Å². The number of rotatable bonds is 5. The van der Waals surface area contributed by atoms with E-state index in [0.29, 0.717) is 11.6 Å². The van der Waals surface area contributed by atoms with Crippen molar-refractivity contribution in [2.24, 2.45) is 5.92 Å². The van der Waals surface area contributed by atoms with Gasteiger partial charge in [0.15, 0.2) is 0 Å². The van der Waals surface area contributed by atoms with Crippen molar-refractivity contribution in [3.8, 4) is 17.6 Å². The lowest BCUT2D eigenvalue weighted by molar-refractivity contribution is -0.0641. The van der Waals surface area contributed by atoms with Gasteiger partial charge in [-0.1, -0.05) is 5.92 Å².